The first-order valence-electron chi connectivity index (χ1n) is 5.50. The van der Waals surface area contributed by atoms with Crippen molar-refractivity contribution in [2.75, 3.05) is 31.7 Å². The molecule has 0 atom stereocenters. The molecule has 0 spiro atoms. The van der Waals surface area contributed by atoms with Crippen molar-refractivity contribution in [1.82, 2.24) is 4.98 Å². The molecule has 1 aromatic rings. The van der Waals surface area contributed by atoms with Gasteiger partial charge >= 0.3 is 0 Å². The first kappa shape index (κ1) is 13.4. The lowest BCUT2D eigenvalue weighted by Crippen LogP contribution is -2.28. The average Bonchev–Trinajstić information content (AvgIpc) is 2.34. The molecule has 0 saturated heterocycles. The van der Waals surface area contributed by atoms with Crippen LogP contribution in [0, 0.1) is 0 Å². The van der Waals surface area contributed by atoms with E-state index in [-0.39, 0.29) is 5.78 Å². The Bertz CT molecular complexity index is 391. The fraction of sp³-hybridized carbons (Fsp3) is 0.385. The van der Waals surface area contributed by atoms with Crippen molar-refractivity contribution in [2.45, 2.75) is 6.92 Å². The predicted octanol–water partition coefficient (Wildman–Crippen LogP) is 1.92. The molecule has 0 aromatic carbocycles. The second-order valence-electron chi connectivity index (χ2n) is 3.69. The number of ether oxygens (including phenoxy) is 1. The highest BCUT2D eigenvalue weighted by Crippen LogP contribution is 2.13. The van der Waals surface area contributed by atoms with Gasteiger partial charge in [-0.05, 0) is 19.1 Å². The number of carbonyl (C=O) groups excluding carboxylic acids is 1. The van der Waals surface area contributed by atoms with E-state index in [0.717, 1.165) is 12.4 Å². The molecule has 92 valence electrons. The largest absolute Gasteiger partial charge is 0.383 e. The van der Waals surface area contributed by atoms with E-state index < -0.39 is 0 Å². The van der Waals surface area contributed by atoms with E-state index in [4.69, 9.17) is 4.74 Å². The van der Waals surface area contributed by atoms with Crippen LogP contribution in [0.3, 0.4) is 0 Å². The van der Waals surface area contributed by atoms with E-state index in [1.165, 1.54) is 0 Å². The molecule has 0 aliphatic carbocycles. The fourth-order valence-corrected chi connectivity index (χ4v) is 1.47. The zero-order chi connectivity index (χ0) is 12.7. The molecule has 17 heavy (non-hydrogen) atoms. The van der Waals surface area contributed by atoms with Crippen molar-refractivity contribution in [3.05, 3.63) is 36.5 Å². The van der Waals surface area contributed by atoms with Gasteiger partial charge in [-0.3, -0.25) is 4.79 Å². The molecule has 0 saturated carbocycles. The average molecular weight is 234 g/mol. The molecule has 0 bridgehead atoms. The van der Waals surface area contributed by atoms with Crippen LogP contribution in [0.1, 0.15) is 17.3 Å². The molecule has 1 heterocycles. The van der Waals surface area contributed by atoms with Crippen molar-refractivity contribution in [3.63, 3.8) is 0 Å². The Labute approximate surface area is 102 Å². The lowest BCUT2D eigenvalue weighted by atomic mass is 10.2. The number of hydrogen-bond donors (Lipinski definition) is 0. The van der Waals surface area contributed by atoms with E-state index >= 15 is 0 Å². The smallest absolute Gasteiger partial charge is 0.159 e. The van der Waals surface area contributed by atoms with Crippen LogP contribution in [0.4, 0.5) is 5.82 Å². The van der Waals surface area contributed by atoms with Crippen LogP contribution in [0.15, 0.2) is 31.0 Å². The summed E-state index contributed by atoms with van der Waals surface area (Å²) in [6.07, 6.45) is 3.45. The monoisotopic (exact) mass is 234 g/mol. The molecule has 1 rings (SSSR count). The Balaban J connectivity index is 2.88. The summed E-state index contributed by atoms with van der Waals surface area (Å²) < 4.78 is 5.05. The van der Waals surface area contributed by atoms with E-state index in [1.807, 2.05) is 4.90 Å². The van der Waals surface area contributed by atoms with Gasteiger partial charge in [-0.25, -0.2) is 4.98 Å². The van der Waals surface area contributed by atoms with Gasteiger partial charge in [0.05, 0.1) is 6.61 Å². The second kappa shape index (κ2) is 6.81. The number of carbonyl (C=O) groups is 1. The third kappa shape index (κ3) is 4.00. The Morgan fingerprint density at radius 3 is 3.00 bits per heavy atom. The molecule has 4 heteroatoms. The van der Waals surface area contributed by atoms with E-state index in [1.54, 1.807) is 38.4 Å². The summed E-state index contributed by atoms with van der Waals surface area (Å²) >= 11 is 0. The minimum absolute atomic E-state index is 0.0407. The van der Waals surface area contributed by atoms with Gasteiger partial charge in [0.2, 0.25) is 0 Å². The third-order valence-corrected chi connectivity index (χ3v) is 2.39. The SMILES string of the molecule is C=CCN(CCOC)c1cc(C(C)=O)ccn1. The van der Waals surface area contributed by atoms with Gasteiger partial charge in [-0.15, -0.1) is 6.58 Å². The maximum Gasteiger partial charge on any atom is 0.159 e. The summed E-state index contributed by atoms with van der Waals surface area (Å²) in [5.74, 6) is 0.814. The van der Waals surface area contributed by atoms with E-state index in [0.29, 0.717) is 18.7 Å². The first-order chi connectivity index (χ1) is 8.19. The molecule has 0 N–H and O–H groups in total. The van der Waals surface area contributed by atoms with E-state index in [2.05, 4.69) is 11.6 Å². The van der Waals surface area contributed by atoms with Crippen LogP contribution in [-0.4, -0.2) is 37.6 Å². The van der Waals surface area contributed by atoms with Crippen molar-refractivity contribution in [3.8, 4) is 0 Å². The number of aromatic nitrogens is 1. The van der Waals surface area contributed by atoms with Crippen molar-refractivity contribution >= 4 is 11.6 Å². The van der Waals surface area contributed by atoms with Crippen LogP contribution >= 0.6 is 0 Å². The van der Waals surface area contributed by atoms with Crippen LogP contribution in [0.25, 0.3) is 0 Å². The maximum atomic E-state index is 11.3. The molecule has 0 amide bonds. The van der Waals surface area contributed by atoms with Gasteiger partial charge in [0.15, 0.2) is 5.78 Å². The van der Waals surface area contributed by atoms with Crippen LogP contribution < -0.4 is 4.90 Å². The molecule has 0 aliphatic rings. The lowest BCUT2D eigenvalue weighted by molar-refractivity contribution is 0.101. The lowest BCUT2D eigenvalue weighted by Gasteiger charge is -2.21. The summed E-state index contributed by atoms with van der Waals surface area (Å²) in [6.45, 7) is 7.27. The molecule has 4 nitrogen and oxygen atoms in total. The summed E-state index contributed by atoms with van der Waals surface area (Å²) in [5.41, 5.74) is 0.668. The minimum Gasteiger partial charge on any atom is -0.383 e. The highest BCUT2D eigenvalue weighted by molar-refractivity contribution is 5.94. The van der Waals surface area contributed by atoms with Crippen LogP contribution in [0.5, 0.6) is 0 Å². The molecule has 0 fully saturated rings. The Hall–Kier alpha value is -1.68. The quantitative estimate of drug-likeness (QED) is 0.534. The standard InChI is InChI=1S/C13H18N2O2/c1-4-7-15(8-9-17-3)13-10-12(11(2)16)5-6-14-13/h4-6,10H,1,7-9H2,2-3H3. The van der Waals surface area contributed by atoms with Gasteiger partial charge < -0.3 is 9.64 Å². The minimum atomic E-state index is 0.0407. The zero-order valence-electron chi connectivity index (χ0n) is 10.3. The predicted molar refractivity (Wildman–Crippen MR) is 68.5 cm³/mol. The number of anilines is 1. The number of rotatable bonds is 7. The molecule has 0 unspecified atom stereocenters. The maximum absolute atomic E-state index is 11.3. The molecular weight excluding hydrogens is 216 g/mol. The number of hydrogen-bond acceptors (Lipinski definition) is 4. The Kier molecular flexibility index (Phi) is 5.36. The normalized spacial score (nSPS) is 10.0. The highest BCUT2D eigenvalue weighted by Gasteiger charge is 2.08. The van der Waals surface area contributed by atoms with Gasteiger partial charge in [0.25, 0.3) is 0 Å². The van der Waals surface area contributed by atoms with Crippen LogP contribution in [-0.2, 0) is 4.74 Å². The van der Waals surface area contributed by atoms with Gasteiger partial charge in [-0.2, -0.15) is 0 Å². The Morgan fingerprint density at radius 2 is 2.41 bits per heavy atom. The fourth-order valence-electron chi connectivity index (χ4n) is 1.47. The number of Topliss-reactive ketones (excluding diaryl/α,β-unsaturated/α-hetero) is 1. The second-order valence-corrected chi connectivity index (χ2v) is 3.69. The zero-order valence-corrected chi connectivity index (χ0v) is 10.3. The summed E-state index contributed by atoms with van der Waals surface area (Å²) in [7, 11) is 1.66. The Morgan fingerprint density at radius 1 is 1.65 bits per heavy atom. The molecule has 0 aliphatic heterocycles. The third-order valence-electron chi connectivity index (χ3n) is 2.39. The van der Waals surface area contributed by atoms with Gasteiger partial charge in [0.1, 0.15) is 5.82 Å². The molecule has 0 radical (unpaired) electrons. The molecule has 1 aromatic heterocycles. The number of pyridine rings is 1. The van der Waals surface area contributed by atoms with Gasteiger partial charge in [0, 0.05) is 32.0 Å². The van der Waals surface area contributed by atoms with Crippen LogP contribution in [0.2, 0.25) is 0 Å². The van der Waals surface area contributed by atoms with E-state index in [9.17, 15) is 4.79 Å². The highest BCUT2D eigenvalue weighted by atomic mass is 16.5. The van der Waals surface area contributed by atoms with Gasteiger partial charge in [-0.1, -0.05) is 6.08 Å². The summed E-state index contributed by atoms with van der Waals surface area (Å²) in [4.78, 5) is 17.6. The van der Waals surface area contributed by atoms with Crippen molar-refractivity contribution < 1.29 is 9.53 Å². The number of nitrogens with zero attached hydrogens (tertiary/aromatic N) is 2. The first-order valence-corrected chi connectivity index (χ1v) is 5.50. The van der Waals surface area contributed by atoms with Crippen molar-refractivity contribution in [2.24, 2.45) is 0 Å². The summed E-state index contributed by atoms with van der Waals surface area (Å²) in [6, 6.07) is 3.51. The number of methoxy groups -OCH3 is 1. The number of ketones is 1. The summed E-state index contributed by atoms with van der Waals surface area (Å²) in [5, 5.41) is 0. The molecular formula is C13H18N2O2. The topological polar surface area (TPSA) is 42.4 Å². The van der Waals surface area contributed by atoms with Crippen molar-refractivity contribution in [1.29, 1.82) is 0 Å².